The summed E-state index contributed by atoms with van der Waals surface area (Å²) in [5, 5.41) is 33.6. The molecule has 0 saturated carbocycles. The predicted octanol–water partition coefficient (Wildman–Crippen LogP) is 3.56. The summed E-state index contributed by atoms with van der Waals surface area (Å²) in [6.07, 6.45) is -5.08. The first-order valence-corrected chi connectivity index (χ1v) is 11.3. The van der Waals surface area contributed by atoms with Crippen LogP contribution in [0, 0.1) is 24.0 Å². The number of ketones is 2. The number of aliphatic hydroxyl groups is 2. The van der Waals surface area contributed by atoms with Crippen LogP contribution < -0.4 is 4.74 Å². The highest BCUT2D eigenvalue weighted by Gasteiger charge is 2.58. The number of ether oxygens (including phenoxy) is 2. The summed E-state index contributed by atoms with van der Waals surface area (Å²) in [5.41, 5.74) is -0.742. The Kier molecular flexibility index (Phi) is 6.98. The van der Waals surface area contributed by atoms with Gasteiger partial charge in [0.05, 0.1) is 4.92 Å². The van der Waals surface area contributed by atoms with Gasteiger partial charge in [-0.2, -0.15) is 0 Å². The molecule has 3 aromatic rings. The molecule has 9 heteroatoms. The van der Waals surface area contributed by atoms with Gasteiger partial charge in [-0.05, 0) is 37.1 Å². The summed E-state index contributed by atoms with van der Waals surface area (Å²) in [5.74, 6) is -1.22. The molecule has 0 amide bonds. The number of hydrogen-bond donors (Lipinski definition) is 2. The predicted molar refractivity (Wildman–Crippen MR) is 129 cm³/mol. The van der Waals surface area contributed by atoms with Crippen LogP contribution in [0.3, 0.4) is 0 Å². The Morgan fingerprint density at radius 2 is 1.56 bits per heavy atom. The Morgan fingerprint density at radius 1 is 1.00 bits per heavy atom. The van der Waals surface area contributed by atoms with Crippen molar-refractivity contribution in [2.75, 3.05) is 0 Å². The topological polar surface area (TPSA) is 136 Å². The Hall–Kier alpha value is -3.92. The van der Waals surface area contributed by atoms with Gasteiger partial charge in [0.15, 0.2) is 17.2 Å². The third-order valence-corrected chi connectivity index (χ3v) is 6.31. The fraction of sp³-hybridized carbons (Fsp3) is 0.259. The molecule has 0 radical (unpaired) electrons. The van der Waals surface area contributed by atoms with Gasteiger partial charge in [0.2, 0.25) is 6.29 Å². The summed E-state index contributed by atoms with van der Waals surface area (Å²) in [4.78, 5) is 37.1. The van der Waals surface area contributed by atoms with E-state index in [0.29, 0.717) is 11.1 Å². The Labute approximate surface area is 207 Å². The normalized spacial score (nSPS) is 22.1. The number of carbonyl (C=O) groups is 2. The Bertz CT molecular complexity index is 1310. The molecule has 1 aliphatic rings. The number of nitro benzene ring substituents is 1. The fourth-order valence-corrected chi connectivity index (χ4v) is 4.33. The lowest BCUT2D eigenvalue weighted by atomic mass is 9.81. The van der Waals surface area contributed by atoms with Crippen molar-refractivity contribution >= 4 is 17.3 Å². The Balaban J connectivity index is 1.67. The van der Waals surface area contributed by atoms with E-state index < -0.39 is 40.6 Å². The highest BCUT2D eigenvalue weighted by atomic mass is 16.7. The maximum Gasteiger partial charge on any atom is 0.269 e. The molecular weight excluding hydrogens is 466 g/mol. The van der Waals surface area contributed by atoms with E-state index in [-0.39, 0.29) is 29.0 Å². The van der Waals surface area contributed by atoms with E-state index in [9.17, 15) is 29.9 Å². The number of aliphatic hydroxyl groups excluding tert-OH is 1. The van der Waals surface area contributed by atoms with E-state index >= 15 is 0 Å². The zero-order valence-corrected chi connectivity index (χ0v) is 19.7. The van der Waals surface area contributed by atoms with E-state index in [4.69, 9.17) is 9.47 Å². The minimum absolute atomic E-state index is 0.141. The van der Waals surface area contributed by atoms with Crippen LogP contribution in [-0.2, 0) is 4.74 Å². The monoisotopic (exact) mass is 491 g/mol. The van der Waals surface area contributed by atoms with Gasteiger partial charge in [-0.1, -0.05) is 48.5 Å². The molecule has 0 aliphatic carbocycles. The van der Waals surface area contributed by atoms with Crippen molar-refractivity contribution in [1.82, 2.24) is 0 Å². The lowest BCUT2D eigenvalue weighted by molar-refractivity contribution is -0.384. The number of benzene rings is 3. The molecule has 4 rings (SSSR count). The molecule has 9 nitrogen and oxygen atoms in total. The van der Waals surface area contributed by atoms with Crippen LogP contribution in [0.25, 0.3) is 0 Å². The second kappa shape index (κ2) is 9.98. The van der Waals surface area contributed by atoms with Gasteiger partial charge in [0, 0.05) is 29.7 Å². The van der Waals surface area contributed by atoms with E-state index in [0.717, 1.165) is 0 Å². The lowest BCUT2D eigenvalue weighted by Crippen LogP contribution is -2.54. The molecule has 0 bridgehead atoms. The molecule has 186 valence electrons. The molecule has 0 spiro atoms. The van der Waals surface area contributed by atoms with Crippen molar-refractivity contribution in [2.24, 2.45) is 0 Å². The van der Waals surface area contributed by atoms with Gasteiger partial charge in [0.1, 0.15) is 18.0 Å². The second-order valence-electron chi connectivity index (χ2n) is 8.75. The molecule has 1 aliphatic heterocycles. The molecule has 4 atom stereocenters. The highest BCUT2D eigenvalue weighted by Crippen LogP contribution is 2.38. The maximum absolute atomic E-state index is 13.6. The zero-order valence-electron chi connectivity index (χ0n) is 19.7. The molecule has 36 heavy (non-hydrogen) atoms. The molecule has 1 saturated heterocycles. The smallest absolute Gasteiger partial charge is 0.269 e. The van der Waals surface area contributed by atoms with Crippen LogP contribution in [0.4, 0.5) is 5.69 Å². The van der Waals surface area contributed by atoms with Crippen molar-refractivity contribution in [3.63, 3.8) is 0 Å². The number of non-ortho nitro benzene ring substituents is 1. The number of Topliss-reactive ketones (excluding diaryl/α,β-unsaturated/α-hetero) is 2. The minimum Gasteiger partial charge on any atom is -0.465 e. The first-order chi connectivity index (χ1) is 17.1. The summed E-state index contributed by atoms with van der Waals surface area (Å²) in [6, 6.07) is 18.5. The van der Waals surface area contributed by atoms with Crippen molar-refractivity contribution < 1.29 is 34.2 Å². The standard InChI is InChI=1S/C27H25NO8/c1-16-7-3-5-9-20(16)23(29)24(30)26-27(32,25(31)21-10-6-4-8-17(21)2)15-22(36-26)35-19-13-11-18(12-14-19)28(33)34/h3-14,22,24,26,30,32H,15H2,1-2H3/t22-,24?,26+,27+/m0/s1. The highest BCUT2D eigenvalue weighted by molar-refractivity contribution is 6.06. The molecule has 1 unspecified atom stereocenters. The quantitative estimate of drug-likeness (QED) is 0.277. The van der Waals surface area contributed by atoms with Crippen LogP contribution in [0.5, 0.6) is 5.75 Å². The molecule has 1 fully saturated rings. The fourth-order valence-electron chi connectivity index (χ4n) is 4.33. The first-order valence-electron chi connectivity index (χ1n) is 11.3. The molecule has 1 heterocycles. The van der Waals surface area contributed by atoms with Crippen molar-refractivity contribution in [3.05, 3.63) is 105 Å². The van der Waals surface area contributed by atoms with Crippen molar-refractivity contribution in [1.29, 1.82) is 0 Å². The first kappa shape index (κ1) is 25.2. The number of hydrogen-bond acceptors (Lipinski definition) is 8. The summed E-state index contributed by atoms with van der Waals surface area (Å²) in [6.45, 7) is 3.42. The third kappa shape index (κ3) is 4.76. The third-order valence-electron chi connectivity index (χ3n) is 6.31. The number of nitrogens with zero attached hydrogens (tertiary/aromatic N) is 1. The van der Waals surface area contributed by atoms with Crippen LogP contribution >= 0.6 is 0 Å². The van der Waals surface area contributed by atoms with Gasteiger partial charge in [-0.15, -0.1) is 0 Å². The molecule has 0 aromatic heterocycles. The van der Waals surface area contributed by atoms with E-state index in [2.05, 4.69) is 0 Å². The number of aryl methyl sites for hydroxylation is 2. The van der Waals surface area contributed by atoms with Gasteiger partial charge in [-0.3, -0.25) is 19.7 Å². The zero-order chi connectivity index (χ0) is 26.0. The van der Waals surface area contributed by atoms with Crippen molar-refractivity contribution in [3.8, 4) is 5.75 Å². The van der Waals surface area contributed by atoms with Crippen LogP contribution in [0.2, 0.25) is 0 Å². The van der Waals surface area contributed by atoms with Gasteiger partial charge < -0.3 is 19.7 Å². The average molecular weight is 491 g/mol. The number of nitro groups is 1. The second-order valence-corrected chi connectivity index (χ2v) is 8.75. The lowest BCUT2D eigenvalue weighted by Gasteiger charge is -2.30. The van der Waals surface area contributed by atoms with Crippen molar-refractivity contribution in [2.45, 2.75) is 44.4 Å². The SMILES string of the molecule is Cc1ccccc1C(=O)C(O)[C@H]1O[C@H](Oc2ccc([N+](=O)[O-])cc2)C[C@@]1(O)C(=O)c1ccccc1C. The summed E-state index contributed by atoms with van der Waals surface area (Å²) < 4.78 is 11.5. The summed E-state index contributed by atoms with van der Waals surface area (Å²) in [7, 11) is 0. The van der Waals surface area contributed by atoms with Gasteiger partial charge in [0.25, 0.3) is 5.69 Å². The van der Waals surface area contributed by atoms with Crippen LogP contribution in [0.15, 0.2) is 72.8 Å². The maximum atomic E-state index is 13.6. The molecule has 3 aromatic carbocycles. The van der Waals surface area contributed by atoms with Gasteiger partial charge in [-0.25, -0.2) is 0 Å². The summed E-state index contributed by atoms with van der Waals surface area (Å²) >= 11 is 0. The van der Waals surface area contributed by atoms with Crippen LogP contribution in [-0.4, -0.2) is 50.8 Å². The molecular formula is C27H25NO8. The number of carbonyl (C=O) groups excluding carboxylic acids is 2. The Morgan fingerprint density at radius 3 is 2.11 bits per heavy atom. The average Bonchev–Trinajstić information content (AvgIpc) is 3.20. The van der Waals surface area contributed by atoms with E-state index in [1.807, 2.05) is 0 Å². The minimum atomic E-state index is -2.28. The molecule has 2 N–H and O–H groups in total. The largest absolute Gasteiger partial charge is 0.465 e. The van der Waals surface area contributed by atoms with E-state index in [1.54, 1.807) is 62.4 Å². The van der Waals surface area contributed by atoms with E-state index in [1.165, 1.54) is 24.3 Å². The number of rotatable bonds is 8. The van der Waals surface area contributed by atoms with Crippen LogP contribution in [0.1, 0.15) is 38.3 Å². The van der Waals surface area contributed by atoms with Gasteiger partial charge >= 0.3 is 0 Å².